The van der Waals surface area contributed by atoms with Crippen molar-refractivity contribution >= 4 is 5.95 Å². The third-order valence-electron chi connectivity index (χ3n) is 4.27. The molecule has 0 unspecified atom stereocenters. The molecule has 0 spiro atoms. The van der Waals surface area contributed by atoms with Crippen LogP contribution >= 0.6 is 0 Å². The lowest BCUT2D eigenvalue weighted by Gasteiger charge is -2.19. The fourth-order valence-corrected chi connectivity index (χ4v) is 2.86. The Morgan fingerprint density at radius 1 is 0.848 bits per heavy atom. The summed E-state index contributed by atoms with van der Waals surface area (Å²) in [7, 11) is 1.73. The number of rotatable bonds is 8. The van der Waals surface area contributed by atoms with E-state index < -0.39 is 25.6 Å². The van der Waals surface area contributed by atoms with Gasteiger partial charge in [0, 0.05) is 25.4 Å². The molecule has 0 saturated carbocycles. The maximum absolute atomic E-state index is 12.7. The van der Waals surface area contributed by atoms with Crippen LogP contribution in [0, 0.1) is 0 Å². The predicted molar refractivity (Wildman–Crippen MR) is 109 cm³/mol. The number of aromatic nitrogens is 2. The first-order valence-corrected chi connectivity index (χ1v) is 9.62. The Labute approximate surface area is 185 Å². The highest BCUT2D eigenvalue weighted by Crippen LogP contribution is 2.34. The van der Waals surface area contributed by atoms with Gasteiger partial charge in [-0.3, -0.25) is 0 Å². The maximum atomic E-state index is 12.7. The molecule has 176 valence electrons. The molecule has 0 amide bonds. The lowest BCUT2D eigenvalue weighted by Crippen LogP contribution is -2.20. The summed E-state index contributed by atoms with van der Waals surface area (Å²) in [6.07, 6.45) is -7.78. The standard InChI is InChI=1S/C22H19F6N3O2/c1-31(12-15-5-3-2-4-6-15)20-29-10-9-18(30-20)17-11-16(32-13-21(23,24)25)7-8-19(17)33-14-22(26,27)28/h2-11H,12-14H2,1H3. The lowest BCUT2D eigenvalue weighted by molar-refractivity contribution is -0.154. The molecule has 5 nitrogen and oxygen atoms in total. The van der Waals surface area contributed by atoms with Crippen LogP contribution in [0.3, 0.4) is 0 Å². The van der Waals surface area contributed by atoms with Gasteiger partial charge in [0.15, 0.2) is 13.2 Å². The fourth-order valence-electron chi connectivity index (χ4n) is 2.86. The second-order valence-electron chi connectivity index (χ2n) is 7.05. The molecule has 11 heteroatoms. The molecule has 0 fully saturated rings. The zero-order valence-corrected chi connectivity index (χ0v) is 17.3. The summed E-state index contributed by atoms with van der Waals surface area (Å²) >= 11 is 0. The monoisotopic (exact) mass is 471 g/mol. The van der Waals surface area contributed by atoms with Crippen LogP contribution in [-0.4, -0.2) is 42.6 Å². The molecule has 0 aliphatic rings. The average Bonchev–Trinajstić information content (AvgIpc) is 2.76. The van der Waals surface area contributed by atoms with Gasteiger partial charge in [-0.1, -0.05) is 30.3 Å². The number of alkyl halides is 6. The van der Waals surface area contributed by atoms with Gasteiger partial charge in [0.05, 0.1) is 5.69 Å². The molecule has 1 aromatic heterocycles. The topological polar surface area (TPSA) is 47.5 Å². The van der Waals surface area contributed by atoms with Crippen LogP contribution in [0.5, 0.6) is 11.5 Å². The molecule has 3 aromatic rings. The number of halogens is 6. The maximum Gasteiger partial charge on any atom is 0.422 e. The minimum Gasteiger partial charge on any atom is -0.484 e. The molecule has 33 heavy (non-hydrogen) atoms. The van der Waals surface area contributed by atoms with E-state index in [0.29, 0.717) is 6.54 Å². The first kappa shape index (κ1) is 24.1. The van der Waals surface area contributed by atoms with Crippen molar-refractivity contribution in [2.75, 3.05) is 25.2 Å². The van der Waals surface area contributed by atoms with Gasteiger partial charge in [-0.2, -0.15) is 26.3 Å². The molecule has 0 bridgehead atoms. The number of benzene rings is 2. The fraction of sp³-hybridized carbons (Fsp3) is 0.273. The highest BCUT2D eigenvalue weighted by atomic mass is 19.4. The third kappa shape index (κ3) is 7.55. The minimum atomic E-state index is -4.60. The van der Waals surface area contributed by atoms with E-state index in [1.54, 1.807) is 11.9 Å². The van der Waals surface area contributed by atoms with Crippen molar-refractivity contribution < 1.29 is 35.8 Å². The number of anilines is 1. The van der Waals surface area contributed by atoms with Crippen molar-refractivity contribution in [2.45, 2.75) is 18.9 Å². The van der Waals surface area contributed by atoms with Gasteiger partial charge in [0.1, 0.15) is 11.5 Å². The first-order valence-electron chi connectivity index (χ1n) is 9.62. The molecule has 0 aliphatic carbocycles. The molecule has 0 N–H and O–H groups in total. The Balaban J connectivity index is 1.91. The van der Waals surface area contributed by atoms with Crippen molar-refractivity contribution in [2.24, 2.45) is 0 Å². The Morgan fingerprint density at radius 2 is 1.52 bits per heavy atom. The van der Waals surface area contributed by atoms with E-state index >= 15 is 0 Å². The SMILES string of the molecule is CN(Cc1ccccc1)c1nccc(-c2cc(OCC(F)(F)F)ccc2OCC(F)(F)F)n1. The van der Waals surface area contributed by atoms with Crippen LogP contribution in [0.1, 0.15) is 5.56 Å². The summed E-state index contributed by atoms with van der Waals surface area (Å²) < 4.78 is 85.2. The van der Waals surface area contributed by atoms with Gasteiger partial charge in [0.25, 0.3) is 0 Å². The van der Waals surface area contributed by atoms with Crippen LogP contribution in [0.2, 0.25) is 0 Å². The largest absolute Gasteiger partial charge is 0.484 e. The van der Waals surface area contributed by atoms with Gasteiger partial charge < -0.3 is 14.4 Å². The quantitative estimate of drug-likeness (QED) is 0.397. The molecule has 1 heterocycles. The van der Waals surface area contributed by atoms with Gasteiger partial charge in [-0.05, 0) is 29.8 Å². The van der Waals surface area contributed by atoms with E-state index in [2.05, 4.69) is 9.97 Å². The highest BCUT2D eigenvalue weighted by Gasteiger charge is 2.30. The molecule has 3 rings (SSSR count). The third-order valence-corrected chi connectivity index (χ3v) is 4.27. The zero-order chi connectivity index (χ0) is 24.1. The zero-order valence-electron chi connectivity index (χ0n) is 17.3. The van der Waals surface area contributed by atoms with E-state index in [1.165, 1.54) is 12.3 Å². The van der Waals surface area contributed by atoms with Gasteiger partial charge in [-0.15, -0.1) is 0 Å². The van der Waals surface area contributed by atoms with Crippen molar-refractivity contribution in [3.63, 3.8) is 0 Å². The van der Waals surface area contributed by atoms with Crippen LogP contribution in [0.25, 0.3) is 11.3 Å². The van der Waals surface area contributed by atoms with E-state index in [-0.39, 0.29) is 28.7 Å². The van der Waals surface area contributed by atoms with Crippen molar-refractivity contribution in [1.82, 2.24) is 9.97 Å². The Hall–Kier alpha value is -3.50. The molecule has 0 saturated heterocycles. The smallest absolute Gasteiger partial charge is 0.422 e. The van der Waals surface area contributed by atoms with Gasteiger partial charge in [-0.25, -0.2) is 9.97 Å². The average molecular weight is 471 g/mol. The molecule has 0 radical (unpaired) electrons. The number of ether oxygens (including phenoxy) is 2. The molecule has 2 aromatic carbocycles. The highest BCUT2D eigenvalue weighted by molar-refractivity contribution is 5.69. The van der Waals surface area contributed by atoms with Gasteiger partial charge in [0.2, 0.25) is 5.95 Å². The van der Waals surface area contributed by atoms with Gasteiger partial charge >= 0.3 is 12.4 Å². The minimum absolute atomic E-state index is 0.0377. The number of nitrogens with zero attached hydrogens (tertiary/aromatic N) is 3. The van der Waals surface area contributed by atoms with Crippen molar-refractivity contribution in [3.05, 3.63) is 66.4 Å². The van der Waals surface area contributed by atoms with E-state index in [4.69, 9.17) is 9.47 Å². The van der Waals surface area contributed by atoms with Crippen molar-refractivity contribution in [1.29, 1.82) is 0 Å². The van der Waals surface area contributed by atoms with Crippen molar-refractivity contribution in [3.8, 4) is 22.8 Å². The van der Waals surface area contributed by atoms with Crippen LogP contribution in [0.4, 0.5) is 32.3 Å². The predicted octanol–water partition coefficient (Wildman–Crippen LogP) is 5.66. The van der Waals surface area contributed by atoms with E-state index in [9.17, 15) is 26.3 Å². The van der Waals surface area contributed by atoms with Crippen LogP contribution < -0.4 is 14.4 Å². The van der Waals surface area contributed by atoms with Crippen LogP contribution in [-0.2, 0) is 6.54 Å². The van der Waals surface area contributed by atoms with E-state index in [1.807, 2.05) is 30.3 Å². The molecule has 0 atom stereocenters. The molecular formula is C22H19F6N3O2. The summed E-state index contributed by atoms with van der Waals surface area (Å²) in [4.78, 5) is 10.3. The Kier molecular flexibility index (Phi) is 7.29. The summed E-state index contributed by atoms with van der Waals surface area (Å²) in [5.74, 6) is -0.138. The first-order chi connectivity index (χ1) is 15.5. The van der Waals surface area contributed by atoms with Crippen LogP contribution in [0.15, 0.2) is 60.8 Å². The summed E-state index contributed by atoms with van der Waals surface area (Å²) in [6, 6.07) is 14.2. The second kappa shape index (κ2) is 9.97. The second-order valence-corrected chi connectivity index (χ2v) is 7.05. The lowest BCUT2D eigenvalue weighted by atomic mass is 10.1. The molecule has 0 aliphatic heterocycles. The molecular weight excluding hydrogens is 452 g/mol. The van der Waals surface area contributed by atoms with E-state index in [0.717, 1.165) is 23.8 Å². The Morgan fingerprint density at radius 3 is 2.18 bits per heavy atom. The summed E-state index contributed by atoms with van der Waals surface area (Å²) in [5, 5.41) is 0. The summed E-state index contributed by atoms with van der Waals surface area (Å²) in [6.45, 7) is -2.67. The Bertz CT molecular complexity index is 1060. The normalized spacial score (nSPS) is 11.8. The summed E-state index contributed by atoms with van der Waals surface area (Å²) in [5.41, 5.74) is 1.18. The number of hydrogen-bond acceptors (Lipinski definition) is 5. The number of hydrogen-bond donors (Lipinski definition) is 0.